The van der Waals surface area contributed by atoms with Crippen molar-refractivity contribution in [3.05, 3.63) is 84.2 Å². The lowest BCUT2D eigenvalue weighted by molar-refractivity contribution is -0.274. The third-order valence-electron chi connectivity index (χ3n) is 6.91. The van der Waals surface area contributed by atoms with Crippen molar-refractivity contribution in [2.75, 3.05) is 30.9 Å². The van der Waals surface area contributed by atoms with E-state index in [2.05, 4.69) is 39.0 Å². The minimum Gasteiger partial charge on any atom is -0.497 e. The minimum atomic E-state index is -4.78. The van der Waals surface area contributed by atoms with E-state index < -0.39 is 18.6 Å². The van der Waals surface area contributed by atoms with Gasteiger partial charge in [0, 0.05) is 29.6 Å². The predicted molar refractivity (Wildman–Crippen MR) is 165 cm³/mol. The van der Waals surface area contributed by atoms with Crippen LogP contribution in [0.1, 0.15) is 37.1 Å². The van der Waals surface area contributed by atoms with Crippen molar-refractivity contribution in [3.8, 4) is 28.6 Å². The van der Waals surface area contributed by atoms with Gasteiger partial charge in [-0.25, -0.2) is 18.9 Å². The highest BCUT2D eigenvalue weighted by atomic mass is 32.2. The summed E-state index contributed by atoms with van der Waals surface area (Å²) in [5.41, 5.74) is 3.47. The van der Waals surface area contributed by atoms with E-state index in [1.807, 2.05) is 23.1 Å². The molecular weight excluding hydrogens is 612 g/mol. The molecule has 1 fully saturated rings. The first-order valence-electron chi connectivity index (χ1n) is 14.0. The average Bonchev–Trinajstić information content (AvgIpc) is 3.69. The minimum absolute atomic E-state index is 0.249. The summed E-state index contributed by atoms with van der Waals surface area (Å²) in [7, 11) is 1.60. The maximum atomic E-state index is 15.1. The van der Waals surface area contributed by atoms with Gasteiger partial charge in [0.05, 0.1) is 19.3 Å². The van der Waals surface area contributed by atoms with Gasteiger partial charge < -0.3 is 19.7 Å². The van der Waals surface area contributed by atoms with Crippen LogP contribution in [0.4, 0.5) is 28.0 Å². The number of benzene rings is 3. The summed E-state index contributed by atoms with van der Waals surface area (Å²) in [4.78, 5) is 23.1. The Labute approximate surface area is 261 Å². The maximum absolute atomic E-state index is 15.1. The molecule has 1 aliphatic rings. The second kappa shape index (κ2) is 13.6. The SMILES string of the molecule is COc1ccc(C(C)C)c(N2CCSC2=NC(=O)NCC(F)c2ccc(-c3ncn(-c4ccc(OC(F)(F)F)cc4)n3)cc2)c1. The number of amidine groups is 1. The number of alkyl halides is 4. The van der Waals surface area contributed by atoms with Gasteiger partial charge in [-0.3, -0.25) is 0 Å². The van der Waals surface area contributed by atoms with Crippen LogP contribution >= 0.6 is 11.8 Å². The second-order valence-electron chi connectivity index (χ2n) is 10.3. The second-order valence-corrected chi connectivity index (χ2v) is 11.4. The molecule has 1 aliphatic heterocycles. The number of carbonyl (C=O) groups is 1. The first-order chi connectivity index (χ1) is 21.5. The zero-order valence-electron chi connectivity index (χ0n) is 24.6. The fourth-order valence-corrected chi connectivity index (χ4v) is 5.62. The summed E-state index contributed by atoms with van der Waals surface area (Å²) in [5.74, 6) is 1.71. The zero-order valence-corrected chi connectivity index (χ0v) is 25.4. The van der Waals surface area contributed by atoms with Crippen LogP contribution < -0.4 is 19.7 Å². The van der Waals surface area contributed by atoms with Gasteiger partial charge in [-0.05, 0) is 47.4 Å². The molecule has 3 aromatic carbocycles. The van der Waals surface area contributed by atoms with E-state index in [9.17, 15) is 18.0 Å². The number of thioether (sulfide) groups is 1. The molecule has 45 heavy (non-hydrogen) atoms. The fourth-order valence-electron chi connectivity index (χ4n) is 4.67. The molecule has 1 atom stereocenters. The third-order valence-corrected chi connectivity index (χ3v) is 7.87. The average molecular weight is 643 g/mol. The molecule has 0 aliphatic carbocycles. The molecular formula is C31H30F4N6O3S. The molecule has 0 radical (unpaired) electrons. The van der Waals surface area contributed by atoms with Crippen LogP contribution in [0.2, 0.25) is 0 Å². The molecule has 5 rings (SSSR count). The number of urea groups is 1. The Balaban J connectivity index is 1.19. The fraction of sp³-hybridized carbons (Fsp3) is 0.290. The molecule has 0 saturated carbocycles. The molecule has 9 nitrogen and oxygen atoms in total. The number of aliphatic imine (C=N–C) groups is 1. The summed E-state index contributed by atoms with van der Waals surface area (Å²) in [5, 5.41) is 7.45. The van der Waals surface area contributed by atoms with Gasteiger partial charge in [0.2, 0.25) is 0 Å². The van der Waals surface area contributed by atoms with Crippen molar-refractivity contribution in [1.29, 1.82) is 0 Å². The molecule has 1 saturated heterocycles. The summed E-state index contributed by atoms with van der Waals surface area (Å²) < 4.78 is 63.0. The standard InChI is InChI=1S/C31H30F4N6O3S/c1-19(2)25-13-12-24(43-3)16-27(25)40-14-15-45-30(40)38-29(42)36-17-26(32)20-4-6-21(7-5-20)28-37-18-41(39-28)22-8-10-23(11-9-22)44-31(33,34)35/h4-13,16,18-19,26H,14-15,17H2,1-3H3,(H,36,42). The van der Waals surface area contributed by atoms with E-state index in [1.54, 1.807) is 31.4 Å². The summed E-state index contributed by atoms with van der Waals surface area (Å²) in [6, 6.07) is 16.9. The monoisotopic (exact) mass is 642 g/mol. The largest absolute Gasteiger partial charge is 0.573 e. The number of nitrogens with one attached hydrogen (secondary N) is 1. The van der Waals surface area contributed by atoms with E-state index in [4.69, 9.17) is 4.74 Å². The van der Waals surface area contributed by atoms with Gasteiger partial charge in [0.15, 0.2) is 11.0 Å². The Morgan fingerprint density at radius 2 is 1.78 bits per heavy atom. The molecule has 14 heteroatoms. The first kappa shape index (κ1) is 31.8. The van der Waals surface area contributed by atoms with E-state index in [0.29, 0.717) is 40.1 Å². The zero-order chi connectivity index (χ0) is 32.1. The van der Waals surface area contributed by atoms with Crippen molar-refractivity contribution < 1.29 is 31.8 Å². The highest BCUT2D eigenvalue weighted by Gasteiger charge is 2.31. The normalized spacial score (nSPS) is 15.0. The van der Waals surface area contributed by atoms with E-state index in [-0.39, 0.29) is 18.2 Å². The van der Waals surface area contributed by atoms with Crippen LogP contribution in [-0.2, 0) is 0 Å². The van der Waals surface area contributed by atoms with Crippen molar-refractivity contribution in [1.82, 2.24) is 20.1 Å². The smallest absolute Gasteiger partial charge is 0.497 e. The molecule has 1 N–H and O–H groups in total. The number of hydrogen-bond donors (Lipinski definition) is 1. The Morgan fingerprint density at radius 3 is 2.44 bits per heavy atom. The summed E-state index contributed by atoms with van der Waals surface area (Å²) in [6.07, 6.45) is -4.84. The molecule has 0 bridgehead atoms. The van der Waals surface area contributed by atoms with Crippen molar-refractivity contribution >= 4 is 28.6 Å². The maximum Gasteiger partial charge on any atom is 0.573 e. The van der Waals surface area contributed by atoms with Crippen LogP contribution in [0.5, 0.6) is 11.5 Å². The lowest BCUT2D eigenvalue weighted by Crippen LogP contribution is -2.29. The van der Waals surface area contributed by atoms with E-state index in [0.717, 1.165) is 17.0 Å². The molecule has 1 unspecified atom stereocenters. The van der Waals surface area contributed by atoms with Gasteiger partial charge >= 0.3 is 12.4 Å². The molecule has 4 aromatic rings. The molecule has 2 amide bonds. The number of amides is 2. The topological polar surface area (TPSA) is 93.9 Å². The molecule has 0 spiro atoms. The van der Waals surface area contributed by atoms with Crippen molar-refractivity contribution in [2.45, 2.75) is 32.3 Å². The third kappa shape index (κ3) is 7.93. The number of ether oxygens (including phenoxy) is 2. The number of nitrogens with zero attached hydrogens (tertiary/aromatic N) is 5. The number of hydrogen-bond acceptors (Lipinski definition) is 6. The molecule has 2 heterocycles. The Kier molecular flexibility index (Phi) is 9.61. The van der Waals surface area contributed by atoms with Crippen LogP contribution in [0.25, 0.3) is 17.1 Å². The van der Waals surface area contributed by atoms with Crippen LogP contribution in [0.3, 0.4) is 0 Å². The van der Waals surface area contributed by atoms with E-state index in [1.165, 1.54) is 47.0 Å². The first-order valence-corrected chi connectivity index (χ1v) is 15.0. The highest BCUT2D eigenvalue weighted by molar-refractivity contribution is 8.14. The number of methoxy groups -OCH3 is 1. The van der Waals surface area contributed by atoms with Crippen molar-refractivity contribution in [2.24, 2.45) is 4.99 Å². The summed E-state index contributed by atoms with van der Waals surface area (Å²) in [6.45, 7) is 4.60. The number of carbonyl (C=O) groups excluding carboxylic acids is 1. The van der Waals surface area contributed by atoms with Crippen molar-refractivity contribution in [3.63, 3.8) is 0 Å². The summed E-state index contributed by atoms with van der Waals surface area (Å²) >= 11 is 1.46. The van der Waals surface area contributed by atoms with Crippen LogP contribution in [-0.4, -0.2) is 58.3 Å². The van der Waals surface area contributed by atoms with Gasteiger partial charge in [0.25, 0.3) is 0 Å². The predicted octanol–water partition coefficient (Wildman–Crippen LogP) is 7.29. The van der Waals surface area contributed by atoms with Gasteiger partial charge in [-0.15, -0.1) is 18.3 Å². The van der Waals surface area contributed by atoms with Crippen LogP contribution in [0.15, 0.2) is 78.0 Å². The van der Waals surface area contributed by atoms with E-state index >= 15 is 4.39 Å². The Hall–Kier alpha value is -4.59. The number of anilines is 1. The van der Waals surface area contributed by atoms with Gasteiger partial charge in [-0.1, -0.05) is 55.9 Å². The quantitative estimate of drug-likeness (QED) is 0.192. The lowest BCUT2D eigenvalue weighted by atomic mass is 10.00. The Morgan fingerprint density at radius 1 is 1.07 bits per heavy atom. The number of halogens is 4. The number of rotatable bonds is 9. The molecule has 1 aromatic heterocycles. The lowest BCUT2D eigenvalue weighted by Gasteiger charge is -2.23. The van der Waals surface area contributed by atoms with Crippen LogP contribution in [0, 0.1) is 0 Å². The highest BCUT2D eigenvalue weighted by Crippen LogP contribution is 2.35. The van der Waals surface area contributed by atoms with Gasteiger partial charge in [0.1, 0.15) is 24.0 Å². The van der Waals surface area contributed by atoms with Gasteiger partial charge in [-0.2, -0.15) is 4.99 Å². The number of aromatic nitrogens is 3. The molecule has 236 valence electrons. The Bertz CT molecular complexity index is 1660.